The SMILES string of the molecule is Cc1csc(CC(NN)c2cncc(OC(C)C)c2)n1. The van der Waals surface area contributed by atoms with Crippen LogP contribution in [0, 0.1) is 6.92 Å². The van der Waals surface area contributed by atoms with Gasteiger partial charge in [0.05, 0.1) is 23.4 Å². The summed E-state index contributed by atoms with van der Waals surface area (Å²) in [5.74, 6) is 6.43. The highest BCUT2D eigenvalue weighted by molar-refractivity contribution is 7.09. The van der Waals surface area contributed by atoms with Crippen molar-refractivity contribution >= 4 is 11.3 Å². The summed E-state index contributed by atoms with van der Waals surface area (Å²) in [4.78, 5) is 8.68. The van der Waals surface area contributed by atoms with Crippen molar-refractivity contribution in [1.82, 2.24) is 15.4 Å². The molecule has 2 aromatic heterocycles. The van der Waals surface area contributed by atoms with E-state index in [1.54, 1.807) is 23.7 Å². The van der Waals surface area contributed by atoms with Gasteiger partial charge in [-0.05, 0) is 32.4 Å². The zero-order valence-corrected chi connectivity index (χ0v) is 12.8. The molecule has 0 bridgehead atoms. The van der Waals surface area contributed by atoms with E-state index in [2.05, 4.69) is 15.4 Å². The molecule has 5 nitrogen and oxygen atoms in total. The van der Waals surface area contributed by atoms with Crippen LogP contribution in [0.1, 0.15) is 36.2 Å². The Morgan fingerprint density at radius 1 is 1.40 bits per heavy atom. The van der Waals surface area contributed by atoms with E-state index in [4.69, 9.17) is 10.6 Å². The average molecular weight is 292 g/mol. The highest BCUT2D eigenvalue weighted by Crippen LogP contribution is 2.23. The summed E-state index contributed by atoms with van der Waals surface area (Å²) in [6.45, 7) is 5.97. The summed E-state index contributed by atoms with van der Waals surface area (Å²) >= 11 is 1.64. The third-order valence-corrected chi connectivity index (χ3v) is 3.74. The normalized spacial score (nSPS) is 12.7. The number of thiazole rings is 1. The van der Waals surface area contributed by atoms with Crippen molar-refractivity contribution in [3.8, 4) is 5.75 Å². The van der Waals surface area contributed by atoms with Crippen molar-refractivity contribution < 1.29 is 4.74 Å². The maximum absolute atomic E-state index is 5.67. The Morgan fingerprint density at radius 2 is 2.20 bits per heavy atom. The number of pyridine rings is 1. The molecule has 0 saturated heterocycles. The molecule has 1 atom stereocenters. The van der Waals surface area contributed by atoms with Crippen molar-refractivity contribution in [2.75, 3.05) is 0 Å². The second-order valence-electron chi connectivity index (χ2n) is 4.93. The second-order valence-corrected chi connectivity index (χ2v) is 5.87. The second kappa shape index (κ2) is 6.78. The minimum Gasteiger partial charge on any atom is -0.489 e. The van der Waals surface area contributed by atoms with E-state index in [1.807, 2.05) is 32.2 Å². The summed E-state index contributed by atoms with van der Waals surface area (Å²) < 4.78 is 5.66. The van der Waals surface area contributed by atoms with E-state index in [1.165, 1.54) is 0 Å². The standard InChI is InChI=1S/C14H20N4OS/c1-9(2)19-12-4-11(6-16-7-12)13(18-15)5-14-17-10(3)8-20-14/h4,6-9,13,18H,5,15H2,1-3H3. The van der Waals surface area contributed by atoms with Gasteiger partial charge in [0.2, 0.25) is 0 Å². The molecule has 108 valence electrons. The number of aromatic nitrogens is 2. The van der Waals surface area contributed by atoms with Gasteiger partial charge in [0, 0.05) is 23.7 Å². The number of rotatable bonds is 6. The predicted molar refractivity (Wildman–Crippen MR) is 80.6 cm³/mol. The van der Waals surface area contributed by atoms with Crippen molar-refractivity contribution in [3.63, 3.8) is 0 Å². The quantitative estimate of drug-likeness (QED) is 0.631. The van der Waals surface area contributed by atoms with Crippen LogP contribution >= 0.6 is 11.3 Å². The molecule has 2 rings (SSSR count). The van der Waals surface area contributed by atoms with Gasteiger partial charge in [0.1, 0.15) is 5.75 Å². The van der Waals surface area contributed by atoms with Crippen LogP contribution in [0.15, 0.2) is 23.8 Å². The van der Waals surface area contributed by atoms with Crippen LogP contribution in [-0.2, 0) is 6.42 Å². The topological polar surface area (TPSA) is 73.1 Å². The molecule has 2 aromatic rings. The fourth-order valence-corrected chi connectivity index (χ4v) is 2.73. The molecule has 3 N–H and O–H groups in total. The minimum atomic E-state index is -0.0243. The number of nitrogens with two attached hydrogens (primary N) is 1. The Kier molecular flexibility index (Phi) is 5.05. The van der Waals surface area contributed by atoms with Gasteiger partial charge in [-0.3, -0.25) is 16.3 Å². The Labute approximate surface area is 123 Å². The van der Waals surface area contributed by atoms with Gasteiger partial charge in [0.25, 0.3) is 0 Å². The van der Waals surface area contributed by atoms with Crippen LogP contribution in [0.5, 0.6) is 5.75 Å². The summed E-state index contributed by atoms with van der Waals surface area (Å²) in [6.07, 6.45) is 4.38. The maximum atomic E-state index is 5.67. The van der Waals surface area contributed by atoms with Crippen molar-refractivity contribution in [1.29, 1.82) is 0 Å². The molecule has 0 radical (unpaired) electrons. The smallest absolute Gasteiger partial charge is 0.138 e. The van der Waals surface area contributed by atoms with Crippen LogP contribution in [0.3, 0.4) is 0 Å². The highest BCUT2D eigenvalue weighted by Gasteiger charge is 2.14. The molecule has 0 aliphatic rings. The number of nitrogens with one attached hydrogen (secondary N) is 1. The van der Waals surface area contributed by atoms with Crippen LogP contribution in [-0.4, -0.2) is 16.1 Å². The lowest BCUT2D eigenvalue weighted by atomic mass is 10.1. The van der Waals surface area contributed by atoms with Gasteiger partial charge in [-0.1, -0.05) is 0 Å². The molecule has 0 spiro atoms. The van der Waals surface area contributed by atoms with E-state index in [-0.39, 0.29) is 12.1 Å². The number of hydrogen-bond donors (Lipinski definition) is 2. The zero-order chi connectivity index (χ0) is 14.5. The van der Waals surface area contributed by atoms with Gasteiger partial charge in [-0.25, -0.2) is 4.98 Å². The number of hydrogen-bond acceptors (Lipinski definition) is 6. The number of nitrogens with zero attached hydrogens (tertiary/aromatic N) is 2. The molecule has 0 saturated carbocycles. The first-order chi connectivity index (χ1) is 9.58. The molecule has 0 amide bonds. The molecule has 20 heavy (non-hydrogen) atoms. The first-order valence-electron chi connectivity index (χ1n) is 6.57. The van der Waals surface area contributed by atoms with Crippen molar-refractivity contribution in [2.24, 2.45) is 5.84 Å². The molecular formula is C14H20N4OS. The van der Waals surface area contributed by atoms with Crippen LogP contribution in [0.4, 0.5) is 0 Å². The lowest BCUT2D eigenvalue weighted by Gasteiger charge is -2.16. The first-order valence-corrected chi connectivity index (χ1v) is 7.45. The van der Waals surface area contributed by atoms with E-state index >= 15 is 0 Å². The molecule has 0 aliphatic heterocycles. The van der Waals surface area contributed by atoms with Gasteiger partial charge in [-0.15, -0.1) is 11.3 Å². The summed E-state index contributed by atoms with van der Waals surface area (Å²) in [5.41, 5.74) is 4.86. The van der Waals surface area contributed by atoms with Gasteiger partial charge in [0.15, 0.2) is 0 Å². The molecule has 0 fully saturated rings. The Bertz CT molecular complexity index is 556. The molecule has 1 unspecified atom stereocenters. The Balaban J connectivity index is 2.14. The number of hydrazine groups is 1. The lowest BCUT2D eigenvalue weighted by molar-refractivity contribution is 0.241. The van der Waals surface area contributed by atoms with Crippen LogP contribution < -0.4 is 16.0 Å². The Morgan fingerprint density at radius 3 is 2.80 bits per heavy atom. The Hall–Kier alpha value is -1.50. The van der Waals surface area contributed by atoms with Crippen LogP contribution in [0.2, 0.25) is 0 Å². The van der Waals surface area contributed by atoms with Crippen LogP contribution in [0.25, 0.3) is 0 Å². The van der Waals surface area contributed by atoms with Crippen molar-refractivity contribution in [2.45, 2.75) is 39.3 Å². The van der Waals surface area contributed by atoms with Gasteiger partial charge < -0.3 is 4.74 Å². The molecular weight excluding hydrogens is 272 g/mol. The van der Waals surface area contributed by atoms with Crippen molar-refractivity contribution in [3.05, 3.63) is 40.1 Å². The van der Waals surface area contributed by atoms with E-state index in [0.717, 1.165) is 28.4 Å². The maximum Gasteiger partial charge on any atom is 0.138 e. The average Bonchev–Trinajstić information content (AvgIpc) is 2.81. The fraction of sp³-hybridized carbons (Fsp3) is 0.429. The molecule has 0 aliphatic carbocycles. The first kappa shape index (κ1) is 14.9. The van der Waals surface area contributed by atoms with E-state index < -0.39 is 0 Å². The monoisotopic (exact) mass is 292 g/mol. The fourth-order valence-electron chi connectivity index (χ4n) is 1.91. The summed E-state index contributed by atoms with van der Waals surface area (Å²) in [5, 5.41) is 3.10. The third-order valence-electron chi connectivity index (χ3n) is 2.75. The minimum absolute atomic E-state index is 0.0243. The summed E-state index contributed by atoms with van der Waals surface area (Å²) in [6, 6.07) is 1.95. The lowest BCUT2D eigenvalue weighted by Crippen LogP contribution is -2.29. The van der Waals surface area contributed by atoms with Gasteiger partial charge in [-0.2, -0.15) is 0 Å². The zero-order valence-electron chi connectivity index (χ0n) is 12.0. The largest absolute Gasteiger partial charge is 0.489 e. The molecule has 2 heterocycles. The number of ether oxygens (including phenoxy) is 1. The highest BCUT2D eigenvalue weighted by atomic mass is 32.1. The van der Waals surface area contributed by atoms with E-state index in [9.17, 15) is 0 Å². The molecule has 0 aromatic carbocycles. The summed E-state index contributed by atoms with van der Waals surface area (Å²) in [7, 11) is 0. The van der Waals surface area contributed by atoms with E-state index in [0.29, 0.717) is 0 Å². The third kappa shape index (κ3) is 4.00. The predicted octanol–water partition coefficient (Wildman–Crippen LogP) is 2.38. The number of aryl methyl sites for hydroxylation is 1. The van der Waals surface area contributed by atoms with Gasteiger partial charge >= 0.3 is 0 Å². The molecule has 6 heteroatoms.